The van der Waals surface area contributed by atoms with E-state index < -0.39 is 18.1 Å². The van der Waals surface area contributed by atoms with Crippen LogP contribution in [-0.2, 0) is 9.59 Å². The molecule has 1 heterocycles. The number of amides is 2. The molecule has 5 rings (SSSR count). The number of aliphatic carboxylic acids is 1. The van der Waals surface area contributed by atoms with Crippen LogP contribution in [0.15, 0.2) is 48.5 Å². The van der Waals surface area contributed by atoms with Crippen molar-refractivity contribution >= 4 is 23.5 Å². The summed E-state index contributed by atoms with van der Waals surface area (Å²) >= 11 is 0. The van der Waals surface area contributed by atoms with Gasteiger partial charge in [0, 0.05) is 36.2 Å². The molecular formula is C28H29F3N2O5. The molecule has 1 N–H and O–H groups in total. The minimum absolute atomic E-state index is 0.0331. The lowest BCUT2D eigenvalue weighted by atomic mass is 9.81. The zero-order valence-electron chi connectivity index (χ0n) is 20.7. The Kier molecular flexibility index (Phi) is 7.07. The normalized spacial score (nSPS) is 22.4. The third-order valence-corrected chi connectivity index (χ3v) is 7.70. The van der Waals surface area contributed by atoms with Crippen LogP contribution in [0.1, 0.15) is 66.9 Å². The predicted octanol–water partition coefficient (Wildman–Crippen LogP) is 5.56. The van der Waals surface area contributed by atoms with Crippen LogP contribution in [0.25, 0.3) is 0 Å². The summed E-state index contributed by atoms with van der Waals surface area (Å²) in [6.45, 7) is 0.565. The Bertz CT molecular complexity index is 1210. The molecule has 3 aliphatic rings. The maximum absolute atomic E-state index is 13.8. The molecule has 2 amide bonds. The van der Waals surface area contributed by atoms with E-state index in [1.165, 1.54) is 12.1 Å². The molecule has 0 aromatic heterocycles. The van der Waals surface area contributed by atoms with Gasteiger partial charge in [0.15, 0.2) is 0 Å². The molecule has 2 saturated carbocycles. The van der Waals surface area contributed by atoms with Gasteiger partial charge in [0.2, 0.25) is 5.91 Å². The van der Waals surface area contributed by atoms with Crippen molar-refractivity contribution in [3.8, 4) is 5.75 Å². The molecule has 1 aliphatic heterocycles. The molecule has 2 aromatic rings. The molecule has 0 radical (unpaired) electrons. The molecule has 0 spiro atoms. The van der Waals surface area contributed by atoms with Crippen molar-refractivity contribution < 1.29 is 37.4 Å². The van der Waals surface area contributed by atoms with Gasteiger partial charge in [-0.3, -0.25) is 14.4 Å². The number of alkyl halides is 3. The highest BCUT2D eigenvalue weighted by Crippen LogP contribution is 2.51. The molecule has 10 heteroatoms. The number of carbonyl (C=O) groups excluding carboxylic acids is 2. The Labute approximate surface area is 218 Å². The van der Waals surface area contributed by atoms with Crippen molar-refractivity contribution in [3.63, 3.8) is 0 Å². The van der Waals surface area contributed by atoms with Crippen LogP contribution < -0.4 is 9.64 Å². The van der Waals surface area contributed by atoms with E-state index in [9.17, 15) is 27.6 Å². The Morgan fingerprint density at radius 3 is 2.34 bits per heavy atom. The molecule has 3 atom stereocenters. The van der Waals surface area contributed by atoms with Crippen molar-refractivity contribution in [2.75, 3.05) is 11.4 Å². The molecule has 202 valence electrons. The zero-order valence-corrected chi connectivity index (χ0v) is 20.7. The van der Waals surface area contributed by atoms with Crippen LogP contribution >= 0.6 is 0 Å². The van der Waals surface area contributed by atoms with E-state index in [0.29, 0.717) is 18.2 Å². The number of nitrogens with zero attached hydrogens (tertiary/aromatic N) is 2. The SMILES string of the molecule is O=C(O)CCC(=O)N(CC1CC1)C1c2ccccc2N(C(=O)c2ccc(OC(F)(F)F)cc2)C2CCCC12. The summed E-state index contributed by atoms with van der Waals surface area (Å²) in [5, 5.41) is 9.16. The molecular weight excluding hydrogens is 501 g/mol. The minimum Gasteiger partial charge on any atom is -0.481 e. The zero-order chi connectivity index (χ0) is 27.0. The van der Waals surface area contributed by atoms with Crippen LogP contribution in [0.5, 0.6) is 5.75 Å². The third-order valence-electron chi connectivity index (χ3n) is 7.70. The fourth-order valence-corrected chi connectivity index (χ4v) is 5.93. The minimum atomic E-state index is -4.82. The lowest BCUT2D eigenvalue weighted by Crippen LogP contribution is -2.52. The topological polar surface area (TPSA) is 87.2 Å². The fraction of sp³-hybridized carbons (Fsp3) is 0.464. The summed E-state index contributed by atoms with van der Waals surface area (Å²) in [7, 11) is 0. The van der Waals surface area contributed by atoms with E-state index in [-0.39, 0.29) is 48.2 Å². The maximum atomic E-state index is 13.8. The van der Waals surface area contributed by atoms with Gasteiger partial charge in [0.1, 0.15) is 5.75 Å². The number of benzene rings is 2. The monoisotopic (exact) mass is 530 g/mol. The van der Waals surface area contributed by atoms with Gasteiger partial charge in [0.05, 0.1) is 12.5 Å². The summed E-state index contributed by atoms with van der Waals surface area (Å²) in [6, 6.07) is 11.9. The van der Waals surface area contributed by atoms with Gasteiger partial charge in [-0.25, -0.2) is 0 Å². The quantitative estimate of drug-likeness (QED) is 0.483. The predicted molar refractivity (Wildman–Crippen MR) is 132 cm³/mol. The van der Waals surface area contributed by atoms with Crippen molar-refractivity contribution in [2.45, 2.75) is 63.4 Å². The van der Waals surface area contributed by atoms with Crippen molar-refractivity contribution in [1.29, 1.82) is 0 Å². The molecule has 3 unspecified atom stereocenters. The van der Waals surface area contributed by atoms with Gasteiger partial charge in [-0.1, -0.05) is 24.6 Å². The highest BCUT2D eigenvalue weighted by molar-refractivity contribution is 6.07. The maximum Gasteiger partial charge on any atom is 0.573 e. The van der Waals surface area contributed by atoms with Gasteiger partial charge < -0.3 is 19.6 Å². The van der Waals surface area contributed by atoms with Gasteiger partial charge in [-0.15, -0.1) is 13.2 Å². The van der Waals surface area contributed by atoms with E-state index in [2.05, 4.69) is 4.74 Å². The lowest BCUT2D eigenvalue weighted by molar-refractivity contribution is -0.274. The summed E-state index contributed by atoms with van der Waals surface area (Å²) in [6.07, 6.45) is -0.668. The van der Waals surface area contributed by atoms with Gasteiger partial charge >= 0.3 is 12.3 Å². The third kappa shape index (κ3) is 5.49. The van der Waals surface area contributed by atoms with E-state index in [4.69, 9.17) is 5.11 Å². The number of para-hydroxylation sites is 1. The number of fused-ring (bicyclic) bond motifs is 2. The van der Waals surface area contributed by atoms with Crippen molar-refractivity contribution in [2.24, 2.45) is 11.8 Å². The first-order chi connectivity index (χ1) is 18.1. The first-order valence-electron chi connectivity index (χ1n) is 12.9. The summed E-state index contributed by atoms with van der Waals surface area (Å²) in [4.78, 5) is 41.9. The average Bonchev–Trinajstić information content (AvgIpc) is 3.57. The lowest BCUT2D eigenvalue weighted by Gasteiger charge is -2.47. The molecule has 7 nitrogen and oxygen atoms in total. The molecule has 2 aliphatic carbocycles. The van der Waals surface area contributed by atoms with E-state index in [1.54, 1.807) is 4.90 Å². The Morgan fingerprint density at radius 2 is 1.68 bits per heavy atom. The first kappa shape index (κ1) is 26.1. The van der Waals surface area contributed by atoms with Gasteiger partial charge in [-0.05, 0) is 67.5 Å². The molecule has 2 aromatic carbocycles. The van der Waals surface area contributed by atoms with Gasteiger partial charge in [-0.2, -0.15) is 0 Å². The van der Waals surface area contributed by atoms with Crippen LogP contribution in [0.4, 0.5) is 18.9 Å². The number of halogens is 3. The number of hydrogen-bond donors (Lipinski definition) is 1. The van der Waals surface area contributed by atoms with Gasteiger partial charge in [0.25, 0.3) is 5.91 Å². The Morgan fingerprint density at radius 1 is 0.974 bits per heavy atom. The summed E-state index contributed by atoms with van der Waals surface area (Å²) in [5.74, 6) is -1.57. The largest absolute Gasteiger partial charge is 0.573 e. The number of hydrogen-bond acceptors (Lipinski definition) is 4. The number of carboxylic acid groups (broad SMARTS) is 1. The van der Waals surface area contributed by atoms with Crippen molar-refractivity contribution in [1.82, 2.24) is 4.90 Å². The second-order valence-corrected chi connectivity index (χ2v) is 10.3. The van der Waals surface area contributed by atoms with E-state index >= 15 is 0 Å². The second-order valence-electron chi connectivity index (χ2n) is 10.3. The highest BCUT2D eigenvalue weighted by Gasteiger charge is 2.49. The number of anilines is 1. The average molecular weight is 531 g/mol. The van der Waals surface area contributed by atoms with Crippen LogP contribution in [0, 0.1) is 11.8 Å². The number of carbonyl (C=O) groups is 3. The van der Waals surface area contributed by atoms with E-state index in [1.807, 2.05) is 29.2 Å². The molecule has 0 bridgehead atoms. The molecule has 2 fully saturated rings. The number of ether oxygens (including phenoxy) is 1. The molecule has 0 saturated heterocycles. The van der Waals surface area contributed by atoms with Crippen LogP contribution in [0.2, 0.25) is 0 Å². The van der Waals surface area contributed by atoms with Crippen LogP contribution in [-0.4, -0.2) is 46.7 Å². The van der Waals surface area contributed by atoms with E-state index in [0.717, 1.165) is 49.8 Å². The summed E-state index contributed by atoms with van der Waals surface area (Å²) in [5.41, 5.74) is 1.75. The summed E-state index contributed by atoms with van der Waals surface area (Å²) < 4.78 is 41.7. The number of carboxylic acids is 1. The molecule has 38 heavy (non-hydrogen) atoms. The van der Waals surface area contributed by atoms with Crippen LogP contribution in [0.3, 0.4) is 0 Å². The number of rotatable bonds is 8. The standard InChI is InChI=1S/C28H29F3N2O5/c29-28(30,31)38-19-12-10-18(11-13-19)27(37)33-22-6-2-1-4-20(22)26(21-5-3-7-23(21)33)32(16-17-8-9-17)24(34)14-15-25(35)36/h1-2,4,6,10-13,17,21,23,26H,3,5,7-9,14-16H2,(H,35,36). The second kappa shape index (κ2) is 10.3. The Hall–Kier alpha value is -3.56. The Balaban J connectivity index is 1.49. The highest BCUT2D eigenvalue weighted by atomic mass is 19.4. The fourth-order valence-electron chi connectivity index (χ4n) is 5.93. The first-order valence-corrected chi connectivity index (χ1v) is 12.9. The van der Waals surface area contributed by atoms with Crippen molar-refractivity contribution in [3.05, 3.63) is 59.7 Å². The smallest absolute Gasteiger partial charge is 0.481 e.